The highest BCUT2D eigenvalue weighted by molar-refractivity contribution is 6.04. The molecule has 2 aromatic rings. The predicted molar refractivity (Wildman–Crippen MR) is 107 cm³/mol. The number of hydrogen-bond donors (Lipinski definition) is 0. The number of carbonyl (C=O) groups is 3. The predicted octanol–water partition coefficient (Wildman–Crippen LogP) is 3.19. The second-order valence-electron chi connectivity index (χ2n) is 6.87. The van der Waals surface area contributed by atoms with E-state index < -0.39 is 11.9 Å². The molecular weight excluding hydrogens is 356 g/mol. The molecular formula is C22H24N2O4. The molecule has 1 heterocycles. The smallest absolute Gasteiger partial charge is 0.337 e. The van der Waals surface area contributed by atoms with Gasteiger partial charge in [-0.2, -0.15) is 0 Å². The van der Waals surface area contributed by atoms with Gasteiger partial charge in [0.05, 0.1) is 18.6 Å². The van der Waals surface area contributed by atoms with Crippen LogP contribution in [0.1, 0.15) is 29.3 Å². The van der Waals surface area contributed by atoms with Crippen LogP contribution < -0.4 is 9.80 Å². The van der Waals surface area contributed by atoms with Crippen LogP contribution in [0.3, 0.4) is 0 Å². The van der Waals surface area contributed by atoms with Crippen LogP contribution in [-0.4, -0.2) is 38.0 Å². The Balaban J connectivity index is 1.76. The molecule has 1 fully saturated rings. The first kappa shape index (κ1) is 19.6. The van der Waals surface area contributed by atoms with Crippen molar-refractivity contribution in [3.63, 3.8) is 0 Å². The van der Waals surface area contributed by atoms with Crippen molar-refractivity contribution in [3.8, 4) is 0 Å². The highest BCUT2D eigenvalue weighted by Crippen LogP contribution is 2.28. The van der Waals surface area contributed by atoms with Crippen LogP contribution in [0, 0.1) is 12.8 Å². The number of methoxy groups -OCH3 is 1. The highest BCUT2D eigenvalue weighted by atomic mass is 16.5. The van der Waals surface area contributed by atoms with E-state index in [1.54, 1.807) is 34.1 Å². The molecule has 0 N–H and O–H groups in total. The Labute approximate surface area is 164 Å². The number of benzene rings is 2. The summed E-state index contributed by atoms with van der Waals surface area (Å²) in [6.45, 7) is 4.79. The number of esters is 1. The minimum Gasteiger partial charge on any atom is -0.465 e. The average molecular weight is 380 g/mol. The molecule has 6 heteroatoms. The highest BCUT2D eigenvalue weighted by Gasteiger charge is 2.37. The summed E-state index contributed by atoms with van der Waals surface area (Å²) in [6.07, 6.45) is 0.180. The summed E-state index contributed by atoms with van der Waals surface area (Å²) < 4.78 is 4.69. The largest absolute Gasteiger partial charge is 0.465 e. The first-order valence-corrected chi connectivity index (χ1v) is 9.31. The van der Waals surface area contributed by atoms with Gasteiger partial charge in [0.25, 0.3) is 0 Å². The first-order valence-electron chi connectivity index (χ1n) is 9.31. The summed E-state index contributed by atoms with van der Waals surface area (Å²) in [5.74, 6) is -0.961. The van der Waals surface area contributed by atoms with Gasteiger partial charge in [0, 0.05) is 30.9 Å². The van der Waals surface area contributed by atoms with Crippen LogP contribution >= 0.6 is 0 Å². The molecule has 28 heavy (non-hydrogen) atoms. The SMILES string of the molecule is CCN(C(=O)C1CC(=O)N(c2ccc(C(=O)OC)cc2)C1)c1cccc(C)c1. The average Bonchev–Trinajstić information content (AvgIpc) is 3.10. The Hall–Kier alpha value is -3.15. The summed E-state index contributed by atoms with van der Waals surface area (Å²) in [6, 6.07) is 14.4. The second-order valence-corrected chi connectivity index (χ2v) is 6.87. The summed E-state index contributed by atoms with van der Waals surface area (Å²) in [4.78, 5) is 40.5. The maximum Gasteiger partial charge on any atom is 0.337 e. The number of nitrogens with zero attached hydrogens (tertiary/aromatic N) is 2. The standard InChI is InChI=1S/C22H24N2O4/c1-4-23(19-7-5-6-15(2)12-19)21(26)17-13-20(25)24(14-17)18-10-8-16(9-11-18)22(27)28-3/h5-12,17H,4,13-14H2,1-3H3. The van der Waals surface area contributed by atoms with E-state index in [9.17, 15) is 14.4 Å². The number of rotatable bonds is 5. The third kappa shape index (κ3) is 3.91. The molecule has 0 bridgehead atoms. The first-order chi connectivity index (χ1) is 13.4. The lowest BCUT2D eigenvalue weighted by molar-refractivity contribution is -0.124. The molecule has 2 amide bonds. The minimum absolute atomic E-state index is 0.0462. The van der Waals surface area contributed by atoms with E-state index in [1.807, 2.05) is 38.1 Å². The van der Waals surface area contributed by atoms with E-state index in [0.29, 0.717) is 24.3 Å². The van der Waals surface area contributed by atoms with E-state index in [0.717, 1.165) is 11.3 Å². The maximum atomic E-state index is 13.1. The molecule has 0 radical (unpaired) electrons. The second kappa shape index (κ2) is 8.25. The van der Waals surface area contributed by atoms with E-state index in [4.69, 9.17) is 4.74 Å². The van der Waals surface area contributed by atoms with Crippen LogP contribution in [0.4, 0.5) is 11.4 Å². The third-order valence-electron chi connectivity index (χ3n) is 4.97. The minimum atomic E-state index is -0.427. The zero-order valence-electron chi connectivity index (χ0n) is 16.3. The van der Waals surface area contributed by atoms with E-state index >= 15 is 0 Å². The Morgan fingerprint density at radius 1 is 1.18 bits per heavy atom. The van der Waals surface area contributed by atoms with E-state index in [-0.39, 0.29) is 18.2 Å². The Kier molecular flexibility index (Phi) is 5.78. The van der Waals surface area contributed by atoms with Gasteiger partial charge in [-0.15, -0.1) is 0 Å². The Morgan fingerprint density at radius 2 is 1.89 bits per heavy atom. The molecule has 1 aliphatic rings. The van der Waals surface area contributed by atoms with Gasteiger partial charge in [-0.25, -0.2) is 4.79 Å². The van der Waals surface area contributed by atoms with Gasteiger partial charge < -0.3 is 14.5 Å². The zero-order valence-corrected chi connectivity index (χ0v) is 16.3. The number of aryl methyl sites for hydroxylation is 1. The molecule has 0 aliphatic carbocycles. The Bertz CT molecular complexity index is 892. The zero-order chi connectivity index (χ0) is 20.3. The third-order valence-corrected chi connectivity index (χ3v) is 4.97. The fourth-order valence-corrected chi connectivity index (χ4v) is 3.50. The molecule has 0 aromatic heterocycles. The maximum absolute atomic E-state index is 13.1. The summed E-state index contributed by atoms with van der Waals surface area (Å²) >= 11 is 0. The van der Waals surface area contributed by atoms with Crippen molar-refractivity contribution in [2.45, 2.75) is 20.3 Å². The topological polar surface area (TPSA) is 66.9 Å². The van der Waals surface area contributed by atoms with Crippen LogP contribution in [0.2, 0.25) is 0 Å². The van der Waals surface area contributed by atoms with E-state index in [1.165, 1.54) is 7.11 Å². The summed E-state index contributed by atoms with van der Waals surface area (Å²) in [5, 5.41) is 0. The Morgan fingerprint density at radius 3 is 2.50 bits per heavy atom. The lowest BCUT2D eigenvalue weighted by Crippen LogP contribution is -2.37. The lowest BCUT2D eigenvalue weighted by atomic mass is 10.1. The normalized spacial score (nSPS) is 16.2. The molecule has 2 aromatic carbocycles. The quantitative estimate of drug-likeness (QED) is 0.747. The molecule has 6 nitrogen and oxygen atoms in total. The van der Waals surface area contributed by atoms with Crippen LogP contribution in [0.25, 0.3) is 0 Å². The monoisotopic (exact) mass is 380 g/mol. The number of ether oxygens (including phenoxy) is 1. The number of carbonyl (C=O) groups excluding carboxylic acids is 3. The van der Waals surface area contributed by atoms with Gasteiger partial charge in [-0.3, -0.25) is 9.59 Å². The van der Waals surface area contributed by atoms with Crippen molar-refractivity contribution in [1.82, 2.24) is 0 Å². The molecule has 1 unspecified atom stereocenters. The summed E-state index contributed by atoms with van der Waals surface area (Å²) in [5.41, 5.74) is 3.02. The molecule has 3 rings (SSSR count). The molecule has 0 saturated carbocycles. The fraction of sp³-hybridized carbons (Fsp3) is 0.318. The van der Waals surface area contributed by atoms with Gasteiger partial charge in [0.15, 0.2) is 0 Å². The molecule has 1 atom stereocenters. The number of amides is 2. The van der Waals surface area contributed by atoms with Gasteiger partial charge in [0.1, 0.15) is 0 Å². The van der Waals surface area contributed by atoms with Crippen molar-refractivity contribution in [1.29, 1.82) is 0 Å². The van der Waals surface area contributed by atoms with Gasteiger partial charge >= 0.3 is 5.97 Å². The van der Waals surface area contributed by atoms with Gasteiger partial charge in [0.2, 0.25) is 11.8 Å². The fourth-order valence-electron chi connectivity index (χ4n) is 3.50. The molecule has 1 saturated heterocycles. The summed E-state index contributed by atoms with van der Waals surface area (Å²) in [7, 11) is 1.32. The van der Waals surface area contributed by atoms with Crippen molar-refractivity contribution in [3.05, 3.63) is 59.7 Å². The van der Waals surface area contributed by atoms with Crippen LogP contribution in [-0.2, 0) is 14.3 Å². The number of hydrogen-bond acceptors (Lipinski definition) is 4. The van der Waals surface area contributed by atoms with E-state index in [2.05, 4.69) is 0 Å². The van der Waals surface area contributed by atoms with Crippen LogP contribution in [0.15, 0.2) is 48.5 Å². The molecule has 1 aliphatic heterocycles. The van der Waals surface area contributed by atoms with Crippen molar-refractivity contribution in [2.75, 3.05) is 30.0 Å². The van der Waals surface area contributed by atoms with Crippen LogP contribution in [0.5, 0.6) is 0 Å². The van der Waals surface area contributed by atoms with Gasteiger partial charge in [-0.1, -0.05) is 12.1 Å². The molecule has 0 spiro atoms. The van der Waals surface area contributed by atoms with Crippen molar-refractivity contribution < 1.29 is 19.1 Å². The lowest BCUT2D eigenvalue weighted by Gasteiger charge is -2.24. The van der Waals surface area contributed by atoms with Gasteiger partial charge in [-0.05, 0) is 55.8 Å². The van der Waals surface area contributed by atoms with Crippen molar-refractivity contribution in [2.24, 2.45) is 5.92 Å². The molecule has 146 valence electrons. The van der Waals surface area contributed by atoms with Crippen molar-refractivity contribution >= 4 is 29.2 Å². The number of anilines is 2.